The van der Waals surface area contributed by atoms with Gasteiger partial charge in [-0.15, -0.1) is 0 Å². The molecule has 214 valence electrons. The zero-order valence-electron chi connectivity index (χ0n) is 24.3. The van der Waals surface area contributed by atoms with E-state index in [4.69, 9.17) is 9.47 Å². The average molecular weight is 511 g/mol. The van der Waals surface area contributed by atoms with Gasteiger partial charge in [-0.1, -0.05) is 129 Å². The highest BCUT2D eigenvalue weighted by Crippen LogP contribution is 2.13. The number of carbonyl (C=O) groups is 1. The van der Waals surface area contributed by atoms with Gasteiger partial charge in [-0.2, -0.15) is 0 Å². The zero-order valence-corrected chi connectivity index (χ0v) is 24.3. The fraction of sp³-hybridized carbons (Fsp3) is 0.906. The first-order chi connectivity index (χ1) is 17.7. The van der Waals surface area contributed by atoms with Gasteiger partial charge in [0.05, 0.1) is 13.2 Å². The number of ether oxygens (including phenoxy) is 2. The van der Waals surface area contributed by atoms with Crippen LogP contribution in [0.5, 0.6) is 0 Å². The first-order valence-electron chi connectivity index (χ1n) is 15.8. The molecule has 4 nitrogen and oxygen atoms in total. The number of hydrogen-bond acceptors (Lipinski definition) is 4. The Kier molecular flexibility index (Phi) is 29.6. The van der Waals surface area contributed by atoms with E-state index in [1.54, 1.807) is 0 Å². The topological polar surface area (TPSA) is 55.8 Å². The highest BCUT2D eigenvalue weighted by atomic mass is 16.6. The van der Waals surface area contributed by atoms with Crippen LogP contribution in [-0.2, 0) is 14.3 Å². The fourth-order valence-corrected chi connectivity index (χ4v) is 4.42. The first kappa shape index (κ1) is 35.1. The summed E-state index contributed by atoms with van der Waals surface area (Å²) in [7, 11) is 0. The third-order valence-corrected chi connectivity index (χ3v) is 6.84. The molecule has 1 N–H and O–H groups in total. The van der Waals surface area contributed by atoms with Crippen molar-refractivity contribution in [2.24, 2.45) is 0 Å². The van der Waals surface area contributed by atoms with E-state index in [1.165, 1.54) is 122 Å². The van der Waals surface area contributed by atoms with Crippen LogP contribution >= 0.6 is 0 Å². The number of esters is 1. The predicted molar refractivity (Wildman–Crippen MR) is 154 cm³/mol. The minimum absolute atomic E-state index is 0.173. The minimum atomic E-state index is -0.523. The molecule has 1 unspecified atom stereocenters. The van der Waals surface area contributed by atoms with Crippen molar-refractivity contribution in [1.82, 2.24) is 0 Å². The second-order valence-electron chi connectivity index (χ2n) is 10.5. The molecule has 0 heterocycles. The van der Waals surface area contributed by atoms with E-state index < -0.39 is 6.10 Å². The lowest BCUT2D eigenvalue weighted by molar-refractivity contribution is -0.154. The molecule has 0 saturated carbocycles. The molecule has 0 radical (unpaired) electrons. The van der Waals surface area contributed by atoms with Crippen molar-refractivity contribution in [3.8, 4) is 0 Å². The maximum atomic E-state index is 11.6. The lowest BCUT2D eigenvalue weighted by Crippen LogP contribution is -2.27. The summed E-state index contributed by atoms with van der Waals surface area (Å²) in [6, 6.07) is 0. The van der Waals surface area contributed by atoms with Crippen LogP contribution in [0, 0.1) is 0 Å². The van der Waals surface area contributed by atoms with Gasteiger partial charge in [-0.25, -0.2) is 0 Å². The van der Waals surface area contributed by atoms with Gasteiger partial charge in [0.25, 0.3) is 0 Å². The Bertz CT molecular complexity index is 463. The van der Waals surface area contributed by atoms with Gasteiger partial charge in [0, 0.05) is 13.0 Å². The van der Waals surface area contributed by atoms with Crippen LogP contribution in [0.3, 0.4) is 0 Å². The molecule has 0 bridgehead atoms. The summed E-state index contributed by atoms with van der Waals surface area (Å²) in [5, 5.41) is 9.32. The Morgan fingerprint density at radius 2 is 1.08 bits per heavy atom. The van der Waals surface area contributed by atoms with E-state index in [9.17, 15) is 9.90 Å². The Hall–Kier alpha value is -0.870. The molecule has 0 rings (SSSR count). The highest BCUT2D eigenvalue weighted by Gasteiger charge is 2.13. The second-order valence-corrected chi connectivity index (χ2v) is 10.5. The SMILES string of the molecule is CCCCCCCCCC/C=C\CCCCCCCCCCCCOCC(CO)OC(=O)CCCC. The van der Waals surface area contributed by atoms with E-state index in [1.807, 2.05) is 6.92 Å². The first-order valence-corrected chi connectivity index (χ1v) is 15.8. The van der Waals surface area contributed by atoms with E-state index in [0.29, 0.717) is 19.6 Å². The van der Waals surface area contributed by atoms with Crippen LogP contribution in [0.15, 0.2) is 12.2 Å². The quantitative estimate of drug-likeness (QED) is 0.0618. The number of aliphatic hydroxyl groups excluding tert-OH is 1. The molecule has 0 fully saturated rings. The van der Waals surface area contributed by atoms with E-state index in [2.05, 4.69) is 19.1 Å². The Labute approximate surface area is 225 Å². The van der Waals surface area contributed by atoms with Crippen LogP contribution in [0.25, 0.3) is 0 Å². The monoisotopic (exact) mass is 510 g/mol. The van der Waals surface area contributed by atoms with Crippen molar-refractivity contribution in [2.45, 2.75) is 168 Å². The van der Waals surface area contributed by atoms with Gasteiger partial charge in [-0.05, 0) is 38.5 Å². The molecule has 0 aliphatic carbocycles. The summed E-state index contributed by atoms with van der Waals surface area (Å²) in [4.78, 5) is 11.6. The van der Waals surface area contributed by atoms with E-state index >= 15 is 0 Å². The number of allylic oxidation sites excluding steroid dienone is 2. The highest BCUT2D eigenvalue weighted by molar-refractivity contribution is 5.69. The normalized spacial score (nSPS) is 12.4. The zero-order chi connectivity index (χ0) is 26.4. The molecular weight excluding hydrogens is 448 g/mol. The molecule has 0 spiro atoms. The smallest absolute Gasteiger partial charge is 0.306 e. The predicted octanol–water partition coefficient (Wildman–Crippen LogP) is 9.48. The average Bonchev–Trinajstić information content (AvgIpc) is 2.89. The maximum absolute atomic E-state index is 11.6. The van der Waals surface area contributed by atoms with Gasteiger partial charge in [-0.3, -0.25) is 4.79 Å². The van der Waals surface area contributed by atoms with Gasteiger partial charge >= 0.3 is 5.97 Å². The molecule has 0 aromatic carbocycles. The molecule has 0 aromatic heterocycles. The molecule has 1 atom stereocenters. The summed E-state index contributed by atoms with van der Waals surface area (Å²) in [6.45, 7) is 5.12. The number of carbonyl (C=O) groups excluding carboxylic acids is 1. The van der Waals surface area contributed by atoms with Crippen LogP contribution in [0.1, 0.15) is 162 Å². The molecular formula is C32H62O4. The van der Waals surface area contributed by atoms with Crippen molar-refractivity contribution >= 4 is 5.97 Å². The third kappa shape index (κ3) is 27.7. The van der Waals surface area contributed by atoms with Crippen molar-refractivity contribution in [2.75, 3.05) is 19.8 Å². The van der Waals surface area contributed by atoms with Crippen molar-refractivity contribution in [3.05, 3.63) is 12.2 Å². The Morgan fingerprint density at radius 1 is 0.639 bits per heavy atom. The molecule has 4 heteroatoms. The summed E-state index contributed by atoms with van der Waals surface area (Å²) in [6.07, 6.45) is 33.3. The lowest BCUT2D eigenvalue weighted by atomic mass is 10.1. The van der Waals surface area contributed by atoms with Crippen molar-refractivity contribution in [1.29, 1.82) is 0 Å². The molecule has 0 amide bonds. The van der Waals surface area contributed by atoms with E-state index in [0.717, 1.165) is 19.3 Å². The molecule has 0 saturated heterocycles. The van der Waals surface area contributed by atoms with Gasteiger partial charge < -0.3 is 14.6 Å². The lowest BCUT2D eigenvalue weighted by Gasteiger charge is -2.15. The van der Waals surface area contributed by atoms with Gasteiger partial charge in [0.2, 0.25) is 0 Å². The van der Waals surface area contributed by atoms with Crippen LogP contribution < -0.4 is 0 Å². The maximum Gasteiger partial charge on any atom is 0.306 e. The summed E-state index contributed by atoms with van der Waals surface area (Å²) in [5.74, 6) is -0.235. The number of hydrogen-bond donors (Lipinski definition) is 1. The second kappa shape index (κ2) is 30.4. The molecule has 0 aromatic rings. The van der Waals surface area contributed by atoms with E-state index in [-0.39, 0.29) is 12.6 Å². The van der Waals surface area contributed by atoms with Crippen LogP contribution in [0.4, 0.5) is 0 Å². The summed E-state index contributed by atoms with van der Waals surface area (Å²) < 4.78 is 10.8. The Balaban J connectivity index is 3.26. The summed E-state index contributed by atoms with van der Waals surface area (Å²) in [5.41, 5.74) is 0. The third-order valence-electron chi connectivity index (χ3n) is 6.84. The van der Waals surface area contributed by atoms with Gasteiger partial charge in [0.15, 0.2) is 0 Å². The van der Waals surface area contributed by atoms with Crippen LogP contribution in [0.2, 0.25) is 0 Å². The minimum Gasteiger partial charge on any atom is -0.457 e. The number of rotatable bonds is 29. The fourth-order valence-electron chi connectivity index (χ4n) is 4.42. The largest absolute Gasteiger partial charge is 0.457 e. The van der Waals surface area contributed by atoms with Crippen molar-refractivity contribution in [3.63, 3.8) is 0 Å². The molecule has 0 aliphatic rings. The van der Waals surface area contributed by atoms with Gasteiger partial charge in [0.1, 0.15) is 6.10 Å². The molecule has 36 heavy (non-hydrogen) atoms. The van der Waals surface area contributed by atoms with Crippen molar-refractivity contribution < 1.29 is 19.4 Å². The number of aliphatic hydroxyl groups is 1. The molecule has 0 aliphatic heterocycles. The summed E-state index contributed by atoms with van der Waals surface area (Å²) >= 11 is 0. The number of unbranched alkanes of at least 4 members (excludes halogenated alkanes) is 19. The van der Waals surface area contributed by atoms with Crippen LogP contribution in [-0.4, -0.2) is 37.0 Å². The standard InChI is InChI=1S/C32H62O4/c1-3-5-7-8-9-10-11-12-13-14-15-16-17-18-19-20-21-22-23-24-25-26-28-35-30-31(29-33)36-32(34)27-6-4-2/h14-15,31,33H,3-13,16-30H2,1-2H3/b15-14-. The Morgan fingerprint density at radius 3 is 1.56 bits per heavy atom.